The Morgan fingerprint density at radius 1 is 1.23 bits per heavy atom. The number of benzene rings is 2. The Kier molecular flexibility index (Phi) is 6.01. The van der Waals surface area contributed by atoms with Crippen molar-refractivity contribution in [3.63, 3.8) is 0 Å². The number of furan rings is 1. The average Bonchev–Trinajstić information content (AvgIpc) is 3.35. The van der Waals surface area contributed by atoms with E-state index < -0.39 is 4.92 Å². The molecule has 2 N–H and O–H groups in total. The molecule has 9 heteroatoms. The number of nitro benzene ring substituents is 1. The number of nitrogens with zero attached hydrogens (tertiary/aromatic N) is 1. The van der Waals surface area contributed by atoms with Crippen molar-refractivity contribution in [1.82, 2.24) is 5.32 Å². The van der Waals surface area contributed by atoms with Crippen LogP contribution in [-0.4, -0.2) is 16.3 Å². The summed E-state index contributed by atoms with van der Waals surface area (Å²) < 4.78 is 5.75. The number of nitro groups is 1. The summed E-state index contributed by atoms with van der Waals surface area (Å²) in [5.74, 6) is 0.525. The first-order valence-electron chi connectivity index (χ1n) is 9.52. The van der Waals surface area contributed by atoms with Gasteiger partial charge in [0.2, 0.25) is 0 Å². The lowest BCUT2D eigenvalue weighted by Gasteiger charge is -2.12. The molecule has 0 bridgehead atoms. The molecule has 1 fully saturated rings. The minimum Gasteiger partial charge on any atom is -0.456 e. The molecule has 31 heavy (non-hydrogen) atoms. The van der Waals surface area contributed by atoms with Gasteiger partial charge in [0.15, 0.2) is 5.50 Å². The second-order valence-electron chi connectivity index (χ2n) is 6.80. The first-order chi connectivity index (χ1) is 14.9. The fraction of sp³-hybridized carbons (Fsp3) is 0.136. The first-order valence-corrected chi connectivity index (χ1v) is 10.8. The van der Waals surface area contributed by atoms with E-state index in [0.717, 1.165) is 12.1 Å². The zero-order valence-electron chi connectivity index (χ0n) is 16.4. The number of anilines is 1. The highest BCUT2D eigenvalue weighted by atomic mass is 35.5. The van der Waals surface area contributed by atoms with Crippen molar-refractivity contribution in [3.8, 4) is 11.3 Å². The van der Waals surface area contributed by atoms with Gasteiger partial charge in [0.25, 0.3) is 11.6 Å². The van der Waals surface area contributed by atoms with E-state index in [1.165, 1.54) is 29.5 Å². The molecule has 1 saturated heterocycles. The molecular weight excluding hydrogens is 438 g/mol. The summed E-state index contributed by atoms with van der Waals surface area (Å²) in [6.45, 7) is 2.09. The summed E-state index contributed by atoms with van der Waals surface area (Å²) in [6.07, 6.45) is 2.58. The van der Waals surface area contributed by atoms with E-state index in [1.807, 2.05) is 24.3 Å². The van der Waals surface area contributed by atoms with Crippen LogP contribution in [0.25, 0.3) is 17.4 Å². The highest BCUT2D eigenvalue weighted by Crippen LogP contribution is 2.35. The number of amides is 1. The molecule has 4 rings (SSSR count). The van der Waals surface area contributed by atoms with Gasteiger partial charge in [-0.05, 0) is 48.4 Å². The minimum absolute atomic E-state index is 0.146. The number of rotatable bonds is 6. The van der Waals surface area contributed by atoms with Crippen molar-refractivity contribution >= 4 is 46.7 Å². The van der Waals surface area contributed by atoms with E-state index in [1.54, 1.807) is 24.3 Å². The second-order valence-corrected chi connectivity index (χ2v) is 8.38. The number of hydrogen-bond acceptors (Lipinski definition) is 6. The molecule has 7 nitrogen and oxygen atoms in total. The smallest absolute Gasteiger partial charge is 0.281 e. The van der Waals surface area contributed by atoms with Crippen LogP contribution < -0.4 is 10.6 Å². The Balaban J connectivity index is 1.50. The van der Waals surface area contributed by atoms with Gasteiger partial charge in [-0.15, -0.1) is 0 Å². The highest BCUT2D eigenvalue weighted by molar-refractivity contribution is 8.05. The number of carbonyl (C=O) groups excluding carboxylic acids is 1. The summed E-state index contributed by atoms with van der Waals surface area (Å²) >= 11 is 7.21. The maximum absolute atomic E-state index is 12.4. The maximum atomic E-state index is 12.4. The van der Waals surface area contributed by atoms with Gasteiger partial charge in [0, 0.05) is 22.9 Å². The van der Waals surface area contributed by atoms with Crippen LogP contribution in [0, 0.1) is 10.1 Å². The van der Waals surface area contributed by atoms with Gasteiger partial charge in [-0.25, -0.2) is 0 Å². The Bertz CT molecular complexity index is 1170. The fourth-order valence-corrected chi connectivity index (χ4v) is 4.25. The summed E-state index contributed by atoms with van der Waals surface area (Å²) in [4.78, 5) is 23.7. The van der Waals surface area contributed by atoms with Crippen LogP contribution in [-0.2, 0) is 11.2 Å². The first kappa shape index (κ1) is 21.0. The summed E-state index contributed by atoms with van der Waals surface area (Å²) in [5.41, 5.74) is 2.01. The van der Waals surface area contributed by atoms with E-state index in [0.29, 0.717) is 22.0 Å². The van der Waals surface area contributed by atoms with Crippen LogP contribution in [0.2, 0.25) is 5.02 Å². The van der Waals surface area contributed by atoms with E-state index in [4.69, 9.17) is 16.0 Å². The van der Waals surface area contributed by atoms with Gasteiger partial charge in [0.1, 0.15) is 11.5 Å². The van der Waals surface area contributed by atoms with Gasteiger partial charge in [-0.3, -0.25) is 14.9 Å². The molecule has 1 aliphatic rings. The largest absolute Gasteiger partial charge is 0.456 e. The number of aryl methyl sites for hydroxylation is 1. The van der Waals surface area contributed by atoms with Crippen molar-refractivity contribution in [2.45, 2.75) is 18.8 Å². The lowest BCUT2D eigenvalue weighted by Crippen LogP contribution is -2.30. The van der Waals surface area contributed by atoms with Crippen LogP contribution in [0.5, 0.6) is 0 Å². The monoisotopic (exact) mass is 455 g/mol. The standard InChI is InChI=1S/C22H18ClN3O4S/c1-2-13-3-6-15(7-4-13)24-22-25-21(27)20(31-22)12-16-8-10-19(30-16)17-9-5-14(23)11-18(17)26(28)29/h3-12,22,24H,2H2,1H3,(H,25,27)/b20-12-/t22-/m1/s1. The van der Waals surface area contributed by atoms with Crippen LogP contribution in [0.4, 0.5) is 11.4 Å². The number of hydrogen-bond donors (Lipinski definition) is 2. The van der Waals surface area contributed by atoms with Crippen LogP contribution in [0.1, 0.15) is 18.2 Å². The topological polar surface area (TPSA) is 97.4 Å². The molecule has 1 atom stereocenters. The molecule has 3 aromatic rings. The maximum Gasteiger partial charge on any atom is 0.281 e. The second kappa shape index (κ2) is 8.87. The molecule has 0 aliphatic carbocycles. The van der Waals surface area contributed by atoms with Gasteiger partial charge in [-0.1, -0.05) is 42.4 Å². The van der Waals surface area contributed by atoms with E-state index in [9.17, 15) is 14.9 Å². The molecule has 0 saturated carbocycles. The lowest BCUT2D eigenvalue weighted by molar-refractivity contribution is -0.384. The number of carbonyl (C=O) groups is 1. The molecule has 0 unspecified atom stereocenters. The number of nitrogens with one attached hydrogen (secondary N) is 2. The third kappa shape index (κ3) is 4.76. The Morgan fingerprint density at radius 2 is 2.00 bits per heavy atom. The molecule has 1 aliphatic heterocycles. The van der Waals surface area contributed by atoms with Crippen LogP contribution in [0.3, 0.4) is 0 Å². The summed E-state index contributed by atoms with van der Waals surface area (Å²) in [7, 11) is 0. The highest BCUT2D eigenvalue weighted by Gasteiger charge is 2.27. The Labute approximate surface area is 187 Å². The van der Waals surface area contributed by atoms with Gasteiger partial charge in [0.05, 0.1) is 15.4 Å². The molecule has 1 aromatic heterocycles. The predicted molar refractivity (Wildman–Crippen MR) is 123 cm³/mol. The van der Waals surface area contributed by atoms with E-state index in [-0.39, 0.29) is 22.1 Å². The normalized spacial score (nSPS) is 17.0. The molecule has 2 aromatic carbocycles. The zero-order chi connectivity index (χ0) is 22.0. The molecule has 158 valence electrons. The number of thioether (sulfide) groups is 1. The predicted octanol–water partition coefficient (Wildman–Crippen LogP) is 5.67. The third-order valence-corrected chi connectivity index (χ3v) is 5.98. The van der Waals surface area contributed by atoms with E-state index in [2.05, 4.69) is 17.6 Å². The SMILES string of the molecule is CCc1ccc(N[C@@H]2NC(=O)/C(=C/c3ccc(-c4ccc(Cl)cc4[N+](=O)[O-])o3)S2)cc1. The van der Waals surface area contributed by atoms with Crippen molar-refractivity contribution in [2.75, 3.05) is 5.32 Å². The third-order valence-electron chi connectivity index (χ3n) is 4.71. The lowest BCUT2D eigenvalue weighted by atomic mass is 10.1. The quantitative estimate of drug-likeness (QED) is 0.282. The van der Waals surface area contributed by atoms with Crippen molar-refractivity contribution in [1.29, 1.82) is 0 Å². The molecule has 2 heterocycles. The van der Waals surface area contributed by atoms with Crippen molar-refractivity contribution in [2.24, 2.45) is 0 Å². The van der Waals surface area contributed by atoms with Crippen molar-refractivity contribution < 1.29 is 14.1 Å². The van der Waals surface area contributed by atoms with Gasteiger partial charge >= 0.3 is 0 Å². The zero-order valence-corrected chi connectivity index (χ0v) is 18.0. The molecule has 1 amide bonds. The summed E-state index contributed by atoms with van der Waals surface area (Å²) in [6, 6.07) is 15.7. The number of halogens is 1. The van der Waals surface area contributed by atoms with Crippen LogP contribution in [0.15, 0.2) is 63.9 Å². The minimum atomic E-state index is -0.508. The average molecular weight is 456 g/mol. The van der Waals surface area contributed by atoms with E-state index >= 15 is 0 Å². The molecular formula is C22H18ClN3O4S. The van der Waals surface area contributed by atoms with Crippen LogP contribution >= 0.6 is 23.4 Å². The fourth-order valence-electron chi connectivity index (χ4n) is 3.12. The summed E-state index contributed by atoms with van der Waals surface area (Å²) in [5, 5.41) is 17.7. The van der Waals surface area contributed by atoms with Crippen molar-refractivity contribution in [3.05, 3.63) is 86.0 Å². The Morgan fingerprint density at radius 3 is 2.71 bits per heavy atom. The van der Waals surface area contributed by atoms with Gasteiger partial charge in [-0.2, -0.15) is 0 Å². The Hall–Kier alpha value is -3.23. The molecule has 0 radical (unpaired) electrons. The molecule has 0 spiro atoms. The van der Waals surface area contributed by atoms with Gasteiger partial charge < -0.3 is 15.1 Å².